The minimum atomic E-state index is -0.462. The van der Waals surface area contributed by atoms with Crippen LogP contribution in [0.5, 0.6) is 5.88 Å². The summed E-state index contributed by atoms with van der Waals surface area (Å²) < 4.78 is 7.64. The second-order valence-corrected chi connectivity index (χ2v) is 7.92. The number of ether oxygens (including phenoxy) is 1. The molecule has 1 N–H and O–H groups in total. The molecule has 2 aromatic heterocycles. The van der Waals surface area contributed by atoms with Crippen molar-refractivity contribution in [2.45, 2.75) is 13.1 Å². The minimum absolute atomic E-state index is 0.0961. The first-order valence-electron chi connectivity index (χ1n) is 10.1. The molecule has 0 saturated heterocycles. The van der Waals surface area contributed by atoms with Crippen LogP contribution in [0.3, 0.4) is 0 Å². The SMILES string of the molecule is COc1cc(CNC(=O)c2ccc3c(c2)c(=O)n(Cc2ccc(Cl)cc2)c(=O)n3C)ccn1. The Morgan fingerprint density at radius 1 is 1.06 bits per heavy atom. The van der Waals surface area contributed by atoms with Crippen LogP contribution in [0.25, 0.3) is 10.9 Å². The first-order chi connectivity index (χ1) is 15.9. The maximum Gasteiger partial charge on any atom is 0.331 e. The number of methoxy groups -OCH3 is 1. The highest BCUT2D eigenvalue weighted by molar-refractivity contribution is 6.30. The standard InChI is InChI=1S/C24H21ClN4O4/c1-28-20-8-5-17(22(30)27-13-16-9-10-26-21(11-16)33-2)12-19(20)23(31)29(24(28)32)14-15-3-6-18(25)7-4-15/h3-12H,13-14H2,1-2H3,(H,27,30). The van der Waals surface area contributed by atoms with Crippen molar-refractivity contribution in [3.63, 3.8) is 0 Å². The molecular formula is C24H21ClN4O4. The average Bonchev–Trinajstić information content (AvgIpc) is 2.84. The Hall–Kier alpha value is -3.91. The van der Waals surface area contributed by atoms with Crippen LogP contribution in [0.15, 0.2) is 70.4 Å². The number of fused-ring (bicyclic) bond motifs is 1. The van der Waals surface area contributed by atoms with Gasteiger partial charge in [-0.3, -0.25) is 18.7 Å². The van der Waals surface area contributed by atoms with Crippen LogP contribution >= 0.6 is 11.6 Å². The summed E-state index contributed by atoms with van der Waals surface area (Å²) >= 11 is 5.93. The molecule has 0 saturated carbocycles. The van der Waals surface area contributed by atoms with E-state index < -0.39 is 11.2 Å². The Balaban J connectivity index is 1.65. The molecule has 0 fully saturated rings. The van der Waals surface area contributed by atoms with E-state index in [1.807, 2.05) is 0 Å². The maximum atomic E-state index is 13.2. The van der Waals surface area contributed by atoms with E-state index in [-0.39, 0.29) is 24.4 Å². The van der Waals surface area contributed by atoms with Gasteiger partial charge in [-0.05, 0) is 47.5 Å². The fourth-order valence-corrected chi connectivity index (χ4v) is 3.65. The van der Waals surface area contributed by atoms with Crippen LogP contribution < -0.4 is 21.3 Å². The van der Waals surface area contributed by atoms with E-state index in [0.717, 1.165) is 15.7 Å². The lowest BCUT2D eigenvalue weighted by Gasteiger charge is -2.12. The van der Waals surface area contributed by atoms with E-state index in [1.54, 1.807) is 61.8 Å². The second kappa shape index (κ2) is 9.30. The predicted octanol–water partition coefficient (Wildman–Crippen LogP) is 2.74. The minimum Gasteiger partial charge on any atom is -0.481 e. The molecule has 0 atom stereocenters. The number of aromatic nitrogens is 3. The summed E-state index contributed by atoms with van der Waals surface area (Å²) in [7, 11) is 3.12. The number of aryl methyl sites for hydroxylation is 1. The summed E-state index contributed by atoms with van der Waals surface area (Å²) in [4.78, 5) is 42.8. The highest BCUT2D eigenvalue weighted by Crippen LogP contribution is 2.14. The number of rotatable bonds is 6. The highest BCUT2D eigenvalue weighted by atomic mass is 35.5. The van der Waals surface area contributed by atoms with Crippen LogP contribution in [-0.2, 0) is 20.1 Å². The lowest BCUT2D eigenvalue weighted by molar-refractivity contribution is 0.0951. The molecule has 9 heteroatoms. The molecule has 0 spiro atoms. The van der Waals surface area contributed by atoms with Crippen molar-refractivity contribution in [2.75, 3.05) is 7.11 Å². The zero-order valence-electron chi connectivity index (χ0n) is 18.0. The largest absolute Gasteiger partial charge is 0.481 e. The van der Waals surface area contributed by atoms with E-state index in [2.05, 4.69) is 10.3 Å². The van der Waals surface area contributed by atoms with Crippen LogP contribution in [0.1, 0.15) is 21.5 Å². The maximum absolute atomic E-state index is 13.2. The first-order valence-corrected chi connectivity index (χ1v) is 10.5. The summed E-state index contributed by atoms with van der Waals surface area (Å²) in [5.74, 6) is 0.111. The number of hydrogen-bond acceptors (Lipinski definition) is 5. The molecule has 4 aromatic rings. The molecule has 0 aliphatic heterocycles. The van der Waals surface area contributed by atoms with Gasteiger partial charge in [0, 0.05) is 36.4 Å². The summed E-state index contributed by atoms with van der Waals surface area (Å²) in [5.41, 5.74) is 1.45. The molecule has 8 nitrogen and oxygen atoms in total. The van der Waals surface area contributed by atoms with Crippen molar-refractivity contribution in [3.05, 3.63) is 103 Å². The van der Waals surface area contributed by atoms with Crippen molar-refractivity contribution in [2.24, 2.45) is 7.05 Å². The molecule has 2 aromatic carbocycles. The Labute approximate surface area is 194 Å². The lowest BCUT2D eigenvalue weighted by atomic mass is 10.1. The van der Waals surface area contributed by atoms with E-state index in [1.165, 1.54) is 17.7 Å². The fourth-order valence-electron chi connectivity index (χ4n) is 3.53. The molecule has 2 heterocycles. The molecule has 4 rings (SSSR count). The molecular weight excluding hydrogens is 444 g/mol. The zero-order chi connectivity index (χ0) is 23.5. The van der Waals surface area contributed by atoms with Gasteiger partial charge < -0.3 is 10.1 Å². The normalized spacial score (nSPS) is 10.9. The third-order valence-corrected chi connectivity index (χ3v) is 5.58. The number of hydrogen-bond donors (Lipinski definition) is 1. The zero-order valence-corrected chi connectivity index (χ0v) is 18.8. The summed E-state index contributed by atoms with van der Waals surface area (Å²) in [5, 5.41) is 3.67. The van der Waals surface area contributed by atoms with Crippen LogP contribution in [0, 0.1) is 0 Å². The van der Waals surface area contributed by atoms with Gasteiger partial charge in [0.25, 0.3) is 11.5 Å². The number of pyridine rings is 1. The average molecular weight is 465 g/mol. The van der Waals surface area contributed by atoms with Gasteiger partial charge in [-0.1, -0.05) is 23.7 Å². The van der Waals surface area contributed by atoms with Crippen molar-refractivity contribution in [1.29, 1.82) is 0 Å². The van der Waals surface area contributed by atoms with Gasteiger partial charge in [0.05, 0.1) is 24.6 Å². The van der Waals surface area contributed by atoms with Gasteiger partial charge >= 0.3 is 5.69 Å². The molecule has 0 unspecified atom stereocenters. The van der Waals surface area contributed by atoms with Crippen molar-refractivity contribution in [3.8, 4) is 5.88 Å². The Morgan fingerprint density at radius 3 is 2.55 bits per heavy atom. The Morgan fingerprint density at radius 2 is 1.82 bits per heavy atom. The molecule has 1 amide bonds. The number of carbonyl (C=O) groups is 1. The van der Waals surface area contributed by atoms with E-state index in [0.29, 0.717) is 22.0 Å². The third kappa shape index (κ3) is 4.65. The molecule has 33 heavy (non-hydrogen) atoms. The molecule has 0 radical (unpaired) electrons. The highest BCUT2D eigenvalue weighted by Gasteiger charge is 2.14. The topological polar surface area (TPSA) is 95.2 Å². The smallest absolute Gasteiger partial charge is 0.331 e. The number of halogens is 1. The Kier molecular flexibility index (Phi) is 6.28. The molecule has 0 aliphatic carbocycles. The van der Waals surface area contributed by atoms with Crippen molar-refractivity contribution < 1.29 is 9.53 Å². The quantitative estimate of drug-likeness (QED) is 0.473. The van der Waals surface area contributed by atoms with Crippen molar-refractivity contribution in [1.82, 2.24) is 19.4 Å². The van der Waals surface area contributed by atoms with Crippen molar-refractivity contribution >= 4 is 28.4 Å². The number of benzene rings is 2. The predicted molar refractivity (Wildman–Crippen MR) is 126 cm³/mol. The van der Waals surface area contributed by atoms with Crippen LogP contribution in [-0.4, -0.2) is 27.1 Å². The second-order valence-electron chi connectivity index (χ2n) is 7.48. The monoisotopic (exact) mass is 464 g/mol. The fraction of sp³-hybridized carbons (Fsp3) is 0.167. The van der Waals surface area contributed by atoms with E-state index in [9.17, 15) is 14.4 Å². The Bertz CT molecular complexity index is 1460. The van der Waals surface area contributed by atoms with Crippen LogP contribution in [0.2, 0.25) is 5.02 Å². The molecule has 0 bridgehead atoms. The molecule has 168 valence electrons. The van der Waals surface area contributed by atoms with E-state index in [4.69, 9.17) is 16.3 Å². The number of amides is 1. The van der Waals surface area contributed by atoms with Crippen LogP contribution in [0.4, 0.5) is 0 Å². The summed E-state index contributed by atoms with van der Waals surface area (Å²) in [6.07, 6.45) is 1.60. The third-order valence-electron chi connectivity index (χ3n) is 5.33. The summed E-state index contributed by atoms with van der Waals surface area (Å²) in [6.45, 7) is 0.364. The first kappa shape index (κ1) is 22.3. The number of nitrogens with zero attached hydrogens (tertiary/aromatic N) is 3. The van der Waals surface area contributed by atoms with Gasteiger partial charge in [0.2, 0.25) is 5.88 Å². The summed E-state index contributed by atoms with van der Waals surface area (Å²) in [6, 6.07) is 15.1. The van der Waals surface area contributed by atoms with Gasteiger partial charge in [-0.25, -0.2) is 9.78 Å². The van der Waals surface area contributed by atoms with Gasteiger partial charge in [-0.15, -0.1) is 0 Å². The van der Waals surface area contributed by atoms with Gasteiger partial charge in [0.15, 0.2) is 0 Å². The lowest BCUT2D eigenvalue weighted by Crippen LogP contribution is -2.39. The number of carbonyl (C=O) groups excluding carboxylic acids is 1. The molecule has 0 aliphatic rings. The number of nitrogens with one attached hydrogen (secondary N) is 1. The van der Waals surface area contributed by atoms with Gasteiger partial charge in [0.1, 0.15) is 0 Å². The van der Waals surface area contributed by atoms with Gasteiger partial charge in [-0.2, -0.15) is 0 Å². The van der Waals surface area contributed by atoms with E-state index >= 15 is 0 Å².